The Hall–Kier alpha value is -3.18. The summed E-state index contributed by atoms with van der Waals surface area (Å²) in [4.78, 5) is 52.3. The van der Waals surface area contributed by atoms with Crippen molar-refractivity contribution in [2.24, 2.45) is 0 Å². The van der Waals surface area contributed by atoms with Gasteiger partial charge in [-0.25, -0.2) is 0 Å². The van der Waals surface area contributed by atoms with E-state index in [4.69, 9.17) is 23.7 Å². The minimum Gasteiger partial charge on any atom is -0.463 e. The van der Waals surface area contributed by atoms with Crippen LogP contribution in [0.25, 0.3) is 10.9 Å². The van der Waals surface area contributed by atoms with Gasteiger partial charge in [-0.3, -0.25) is 24.2 Å². The van der Waals surface area contributed by atoms with Gasteiger partial charge in [-0.1, -0.05) is 30.0 Å². The topological polar surface area (TPSA) is 127 Å². The Morgan fingerprint density at radius 3 is 2.12 bits per heavy atom. The van der Waals surface area contributed by atoms with E-state index in [-0.39, 0.29) is 6.61 Å². The van der Waals surface area contributed by atoms with Crippen molar-refractivity contribution in [1.29, 1.82) is 0 Å². The molecule has 0 N–H and O–H groups in total. The molecule has 2 heterocycles. The third-order valence-electron chi connectivity index (χ3n) is 4.79. The molecule has 0 amide bonds. The molecule has 0 aliphatic carbocycles. The largest absolute Gasteiger partial charge is 0.463 e. The number of carbonyl (C=O) groups excluding carboxylic acids is 4. The standard InChI is InChI=1S/C23H25NO9S/c1-12(25)29-11-17-20(30-13(2)26)21(31-14(3)27)22(32-15(4)28)23(33-17)34-18-9-5-7-16-8-6-10-24-19(16)18/h5-10,17,20-23H,11H2,1-4H3/t17-,20+,21+,22+,23+/m0/s1. The molecule has 5 atom stereocenters. The van der Waals surface area contributed by atoms with E-state index < -0.39 is 53.7 Å². The number of pyridine rings is 1. The lowest BCUT2D eigenvalue weighted by atomic mass is 9.99. The molecule has 10 nitrogen and oxygen atoms in total. The lowest BCUT2D eigenvalue weighted by Gasteiger charge is -2.44. The summed E-state index contributed by atoms with van der Waals surface area (Å²) in [6.45, 7) is 4.52. The van der Waals surface area contributed by atoms with Gasteiger partial charge in [0.1, 0.15) is 18.1 Å². The van der Waals surface area contributed by atoms with Gasteiger partial charge in [-0.15, -0.1) is 0 Å². The first-order valence-electron chi connectivity index (χ1n) is 10.5. The maximum atomic E-state index is 12.0. The molecule has 0 spiro atoms. The molecule has 1 fully saturated rings. The molecule has 1 aliphatic rings. The van der Waals surface area contributed by atoms with Gasteiger partial charge in [-0.05, 0) is 12.1 Å². The fourth-order valence-electron chi connectivity index (χ4n) is 3.58. The van der Waals surface area contributed by atoms with E-state index >= 15 is 0 Å². The number of hydrogen-bond donors (Lipinski definition) is 0. The van der Waals surface area contributed by atoms with Crippen molar-refractivity contribution in [3.63, 3.8) is 0 Å². The summed E-state index contributed by atoms with van der Waals surface area (Å²) in [5, 5.41) is 0.887. The van der Waals surface area contributed by atoms with Gasteiger partial charge in [0.15, 0.2) is 18.3 Å². The van der Waals surface area contributed by atoms with Crippen LogP contribution in [0.15, 0.2) is 41.4 Å². The lowest BCUT2D eigenvalue weighted by molar-refractivity contribution is -0.237. The summed E-state index contributed by atoms with van der Waals surface area (Å²) >= 11 is 1.20. The van der Waals surface area contributed by atoms with Gasteiger partial charge in [0.05, 0.1) is 5.52 Å². The fraction of sp³-hybridized carbons (Fsp3) is 0.435. The molecule has 2 aromatic rings. The third kappa shape index (κ3) is 6.45. The summed E-state index contributed by atoms with van der Waals surface area (Å²) in [6, 6.07) is 9.29. The van der Waals surface area contributed by atoms with Crippen molar-refractivity contribution < 1.29 is 42.9 Å². The van der Waals surface area contributed by atoms with Crippen LogP contribution in [-0.4, -0.2) is 65.3 Å². The van der Waals surface area contributed by atoms with Crippen molar-refractivity contribution in [2.45, 2.75) is 62.4 Å². The number of hydrogen-bond acceptors (Lipinski definition) is 11. The number of ether oxygens (including phenoxy) is 5. The molecule has 0 radical (unpaired) electrons. The average molecular weight is 492 g/mol. The predicted octanol–water partition coefficient (Wildman–Crippen LogP) is 2.41. The van der Waals surface area contributed by atoms with E-state index in [9.17, 15) is 19.2 Å². The van der Waals surface area contributed by atoms with E-state index in [1.54, 1.807) is 6.20 Å². The first kappa shape index (κ1) is 25.4. The second-order valence-electron chi connectivity index (χ2n) is 7.52. The number of rotatable bonds is 7. The highest BCUT2D eigenvalue weighted by molar-refractivity contribution is 8.00. The maximum absolute atomic E-state index is 12.0. The van der Waals surface area contributed by atoms with Crippen molar-refractivity contribution in [3.05, 3.63) is 36.5 Å². The van der Waals surface area contributed by atoms with Gasteiger partial charge >= 0.3 is 23.9 Å². The van der Waals surface area contributed by atoms with Crippen LogP contribution >= 0.6 is 11.8 Å². The number of esters is 4. The minimum absolute atomic E-state index is 0.275. The number of aromatic nitrogens is 1. The van der Waals surface area contributed by atoms with Crippen LogP contribution in [0.1, 0.15) is 27.7 Å². The highest BCUT2D eigenvalue weighted by atomic mass is 32.2. The van der Waals surface area contributed by atoms with Gasteiger partial charge in [-0.2, -0.15) is 0 Å². The van der Waals surface area contributed by atoms with E-state index in [0.717, 1.165) is 10.3 Å². The second-order valence-corrected chi connectivity index (χ2v) is 8.66. The van der Waals surface area contributed by atoms with Gasteiger partial charge < -0.3 is 23.7 Å². The van der Waals surface area contributed by atoms with Crippen LogP contribution in [0, 0.1) is 0 Å². The number of nitrogens with zero attached hydrogens (tertiary/aromatic N) is 1. The monoisotopic (exact) mass is 491 g/mol. The average Bonchev–Trinajstić information content (AvgIpc) is 2.75. The SMILES string of the molecule is CC(=O)OC[C@@H]1O[C@H](Sc2cccc3cccnc23)[C@H](OC(C)=O)[C@H](OC(C)=O)[C@@H]1OC(C)=O. The van der Waals surface area contributed by atoms with Crippen LogP contribution in [0.3, 0.4) is 0 Å². The molecule has 0 unspecified atom stereocenters. The molecule has 0 bridgehead atoms. The number of thioether (sulfide) groups is 1. The Morgan fingerprint density at radius 2 is 1.47 bits per heavy atom. The summed E-state index contributed by atoms with van der Waals surface area (Å²) < 4.78 is 27.6. The van der Waals surface area contributed by atoms with Crippen LogP contribution < -0.4 is 0 Å². The fourth-order valence-corrected chi connectivity index (χ4v) is 4.81. The van der Waals surface area contributed by atoms with Crippen LogP contribution in [-0.2, 0) is 42.9 Å². The first-order chi connectivity index (χ1) is 16.2. The molecule has 1 aromatic heterocycles. The molecule has 34 heavy (non-hydrogen) atoms. The molecule has 0 saturated carbocycles. The third-order valence-corrected chi connectivity index (χ3v) is 5.98. The molecule has 1 aliphatic heterocycles. The van der Waals surface area contributed by atoms with Crippen molar-refractivity contribution in [1.82, 2.24) is 4.98 Å². The Balaban J connectivity index is 2.03. The zero-order valence-electron chi connectivity index (χ0n) is 19.1. The highest BCUT2D eigenvalue weighted by Gasteiger charge is 2.52. The number of fused-ring (bicyclic) bond motifs is 1. The van der Waals surface area contributed by atoms with Gasteiger partial charge in [0.25, 0.3) is 0 Å². The lowest BCUT2D eigenvalue weighted by Crippen LogP contribution is -2.61. The number of para-hydroxylation sites is 1. The van der Waals surface area contributed by atoms with E-state index in [0.29, 0.717) is 5.52 Å². The smallest absolute Gasteiger partial charge is 0.303 e. The summed E-state index contributed by atoms with van der Waals surface area (Å²) in [6.07, 6.45) is -2.88. The zero-order valence-corrected chi connectivity index (χ0v) is 19.9. The summed E-state index contributed by atoms with van der Waals surface area (Å²) in [7, 11) is 0. The molecular weight excluding hydrogens is 466 g/mol. The van der Waals surface area contributed by atoms with Crippen LogP contribution in [0.2, 0.25) is 0 Å². The molecule has 3 rings (SSSR count). The van der Waals surface area contributed by atoms with Crippen molar-refractivity contribution in [3.8, 4) is 0 Å². The Kier molecular flexibility index (Phi) is 8.46. The Morgan fingerprint density at radius 1 is 0.853 bits per heavy atom. The van der Waals surface area contributed by atoms with Gasteiger partial charge in [0.2, 0.25) is 0 Å². The van der Waals surface area contributed by atoms with E-state index in [1.165, 1.54) is 39.5 Å². The molecule has 182 valence electrons. The van der Waals surface area contributed by atoms with Crippen molar-refractivity contribution >= 4 is 46.5 Å². The van der Waals surface area contributed by atoms with E-state index in [1.807, 2.05) is 30.3 Å². The van der Waals surface area contributed by atoms with Crippen molar-refractivity contribution in [2.75, 3.05) is 6.61 Å². The van der Waals surface area contributed by atoms with Crippen LogP contribution in [0.5, 0.6) is 0 Å². The normalized spacial score (nSPS) is 24.2. The summed E-state index contributed by atoms with van der Waals surface area (Å²) in [5.74, 6) is -2.57. The molecular formula is C23H25NO9S. The molecule has 1 aromatic carbocycles. The number of benzene rings is 1. The van der Waals surface area contributed by atoms with E-state index in [2.05, 4.69) is 4.98 Å². The minimum atomic E-state index is -1.21. The zero-order chi connectivity index (χ0) is 24.8. The highest BCUT2D eigenvalue weighted by Crippen LogP contribution is 2.39. The molecule has 1 saturated heterocycles. The van der Waals surface area contributed by atoms with Gasteiger partial charge in [0, 0.05) is 44.2 Å². The second kappa shape index (κ2) is 11.3. The quantitative estimate of drug-likeness (QED) is 0.418. The van der Waals surface area contributed by atoms with Crippen LogP contribution in [0.4, 0.5) is 0 Å². The molecule has 11 heteroatoms. The predicted molar refractivity (Wildman–Crippen MR) is 120 cm³/mol. The Labute approximate surface area is 200 Å². The number of carbonyl (C=O) groups is 4. The summed E-state index contributed by atoms with van der Waals surface area (Å²) in [5.41, 5.74) is -0.212. The maximum Gasteiger partial charge on any atom is 0.303 e. The first-order valence-corrected chi connectivity index (χ1v) is 11.3. The Bertz CT molecular complexity index is 1070.